The minimum absolute atomic E-state index is 0.00312. The lowest BCUT2D eigenvalue weighted by Gasteiger charge is -2.29. The van der Waals surface area contributed by atoms with Gasteiger partial charge in [-0.25, -0.2) is 8.78 Å². The van der Waals surface area contributed by atoms with E-state index in [2.05, 4.69) is 16.9 Å². The van der Waals surface area contributed by atoms with Crippen LogP contribution < -0.4 is 11.1 Å². The first-order valence-electron chi connectivity index (χ1n) is 14.0. The normalized spacial score (nSPS) is 13.0. The molecule has 0 spiro atoms. The third-order valence-corrected chi connectivity index (χ3v) is 6.62. The van der Waals surface area contributed by atoms with Crippen molar-refractivity contribution in [1.82, 2.24) is 15.2 Å². The van der Waals surface area contributed by atoms with Crippen LogP contribution >= 0.6 is 0 Å². The fourth-order valence-corrected chi connectivity index (χ4v) is 4.52. The maximum Gasteiger partial charge on any atom is 0.254 e. The van der Waals surface area contributed by atoms with E-state index in [1.807, 2.05) is 31.2 Å². The van der Waals surface area contributed by atoms with E-state index in [0.29, 0.717) is 23.2 Å². The van der Waals surface area contributed by atoms with Crippen molar-refractivity contribution in [3.63, 3.8) is 0 Å². The van der Waals surface area contributed by atoms with Crippen molar-refractivity contribution in [1.29, 1.82) is 0 Å². The number of nitrogens with two attached hydrogens (primary N) is 1. The van der Waals surface area contributed by atoms with Gasteiger partial charge in [-0.1, -0.05) is 36.4 Å². The molecule has 0 bridgehead atoms. The summed E-state index contributed by atoms with van der Waals surface area (Å²) < 4.78 is 27.4. The van der Waals surface area contributed by atoms with Gasteiger partial charge in [-0.3, -0.25) is 14.6 Å². The molecule has 2 aromatic carbocycles. The van der Waals surface area contributed by atoms with Crippen LogP contribution in [0.2, 0.25) is 0 Å². The lowest BCUT2D eigenvalue weighted by molar-refractivity contribution is 0.0596. The highest BCUT2D eigenvalue weighted by Crippen LogP contribution is 2.17. The number of amides is 2. The minimum atomic E-state index is -1.21. The predicted octanol–water partition coefficient (Wildman–Crippen LogP) is 5.01. The van der Waals surface area contributed by atoms with Gasteiger partial charge in [0.05, 0.1) is 11.8 Å². The summed E-state index contributed by atoms with van der Waals surface area (Å²) in [5.74, 6) is -2.19. The van der Waals surface area contributed by atoms with E-state index >= 15 is 0 Å². The maximum absolute atomic E-state index is 13.8. The molecule has 0 radical (unpaired) electrons. The number of carbonyl (C=O) groups excluding carboxylic acids is 2. The number of halogens is 2. The van der Waals surface area contributed by atoms with Gasteiger partial charge in [0.25, 0.3) is 11.8 Å². The molecule has 0 saturated carbocycles. The number of aliphatic hydroxyl groups excluding tert-OH is 1. The van der Waals surface area contributed by atoms with Gasteiger partial charge in [0.2, 0.25) is 0 Å². The van der Waals surface area contributed by atoms with Gasteiger partial charge in [-0.2, -0.15) is 0 Å². The van der Waals surface area contributed by atoms with E-state index in [4.69, 9.17) is 5.73 Å². The highest BCUT2D eigenvalue weighted by atomic mass is 19.1. The second kappa shape index (κ2) is 15.7. The van der Waals surface area contributed by atoms with E-state index < -0.39 is 29.7 Å². The Morgan fingerprint density at radius 1 is 1.12 bits per heavy atom. The van der Waals surface area contributed by atoms with Gasteiger partial charge in [0, 0.05) is 49.1 Å². The number of benzene rings is 2. The first kappa shape index (κ1) is 33.0. The van der Waals surface area contributed by atoms with Crippen LogP contribution in [0, 0.1) is 18.6 Å². The van der Waals surface area contributed by atoms with Crippen molar-refractivity contribution in [3.05, 3.63) is 131 Å². The molecular weight excluding hydrogens is 550 g/mol. The van der Waals surface area contributed by atoms with E-state index in [-0.39, 0.29) is 31.0 Å². The number of hydrogen-bond acceptors (Lipinski definition) is 5. The zero-order chi connectivity index (χ0) is 31.5. The fourth-order valence-electron chi connectivity index (χ4n) is 4.52. The lowest BCUT2D eigenvalue weighted by Crippen LogP contribution is -2.47. The van der Waals surface area contributed by atoms with Crippen LogP contribution in [-0.2, 0) is 6.42 Å². The number of aliphatic hydroxyl groups is 1. The number of nitrogens with one attached hydrogen (secondary N) is 1. The van der Waals surface area contributed by atoms with Gasteiger partial charge < -0.3 is 21.1 Å². The molecule has 2 amide bonds. The first-order chi connectivity index (χ1) is 20.5. The number of rotatable bonds is 13. The Balaban J connectivity index is 1.85. The Hall–Kier alpha value is -4.47. The Kier molecular flexibility index (Phi) is 12.0. The van der Waals surface area contributed by atoms with E-state index in [1.54, 1.807) is 44.3 Å². The molecule has 9 heteroatoms. The van der Waals surface area contributed by atoms with Gasteiger partial charge >= 0.3 is 0 Å². The average molecular weight is 589 g/mol. The van der Waals surface area contributed by atoms with E-state index in [1.165, 1.54) is 11.0 Å². The molecule has 0 aliphatic carbocycles. The molecule has 1 aromatic heterocycles. The molecule has 0 aliphatic heterocycles. The number of hydrogen-bond donors (Lipinski definition) is 3. The summed E-state index contributed by atoms with van der Waals surface area (Å²) in [5.41, 5.74) is 10.1. The maximum atomic E-state index is 13.8. The Morgan fingerprint density at radius 3 is 2.47 bits per heavy atom. The SMILES string of the molecule is C=C(/C=C\C=C(/C)CN(C[C@@H](O)[C@@H](N)Cc1cc(F)cc(F)c1)C(=O)c1cc(C)cc(C(=O)NCC)c1)c1ccccn1. The summed E-state index contributed by atoms with van der Waals surface area (Å²) in [4.78, 5) is 32.0. The van der Waals surface area contributed by atoms with Crippen LogP contribution in [-0.4, -0.2) is 58.6 Å². The van der Waals surface area contributed by atoms with E-state index in [9.17, 15) is 23.5 Å². The van der Waals surface area contributed by atoms with Gasteiger partial charge in [0.1, 0.15) is 11.6 Å². The van der Waals surface area contributed by atoms with Crippen LogP contribution in [0.1, 0.15) is 51.4 Å². The zero-order valence-corrected chi connectivity index (χ0v) is 24.7. The van der Waals surface area contributed by atoms with Crippen molar-refractivity contribution < 1.29 is 23.5 Å². The smallest absolute Gasteiger partial charge is 0.254 e. The molecule has 0 aliphatic rings. The number of nitrogens with zero attached hydrogens (tertiary/aromatic N) is 2. The van der Waals surface area contributed by atoms with E-state index in [0.717, 1.165) is 35.0 Å². The number of aromatic nitrogens is 1. The highest BCUT2D eigenvalue weighted by Gasteiger charge is 2.25. The Labute approximate surface area is 251 Å². The molecule has 3 aromatic rings. The summed E-state index contributed by atoms with van der Waals surface area (Å²) in [6.07, 6.45) is 5.90. The van der Waals surface area contributed by atoms with Crippen molar-refractivity contribution in [2.24, 2.45) is 5.73 Å². The molecule has 1 heterocycles. The molecule has 2 atom stereocenters. The van der Waals surface area contributed by atoms with Crippen LogP contribution in [0.5, 0.6) is 0 Å². The zero-order valence-electron chi connectivity index (χ0n) is 24.7. The predicted molar refractivity (Wildman–Crippen MR) is 165 cm³/mol. The fraction of sp³-hybridized carbons (Fsp3) is 0.265. The summed E-state index contributed by atoms with van der Waals surface area (Å²) >= 11 is 0. The molecule has 7 nitrogen and oxygen atoms in total. The van der Waals surface area contributed by atoms with Crippen LogP contribution in [0.25, 0.3) is 5.57 Å². The number of carbonyl (C=O) groups is 2. The third kappa shape index (κ3) is 10.1. The van der Waals surface area contributed by atoms with Crippen molar-refractivity contribution in [2.45, 2.75) is 39.3 Å². The molecule has 4 N–H and O–H groups in total. The highest BCUT2D eigenvalue weighted by molar-refractivity contribution is 6.00. The third-order valence-electron chi connectivity index (χ3n) is 6.62. The molecular formula is C34H38F2N4O3. The second-order valence-corrected chi connectivity index (χ2v) is 10.5. The Morgan fingerprint density at radius 2 is 1.81 bits per heavy atom. The van der Waals surface area contributed by atoms with Gasteiger partial charge in [0.15, 0.2) is 0 Å². The summed E-state index contributed by atoms with van der Waals surface area (Å²) in [7, 11) is 0. The largest absolute Gasteiger partial charge is 0.390 e. The van der Waals surface area contributed by atoms with Crippen LogP contribution in [0.15, 0.2) is 91.2 Å². The van der Waals surface area contributed by atoms with Crippen molar-refractivity contribution in [2.75, 3.05) is 19.6 Å². The molecule has 0 saturated heterocycles. The summed E-state index contributed by atoms with van der Waals surface area (Å²) in [6, 6.07) is 12.6. The molecule has 3 rings (SSSR count). The number of allylic oxidation sites excluding steroid dienone is 4. The molecule has 226 valence electrons. The number of pyridine rings is 1. The van der Waals surface area contributed by atoms with Gasteiger partial charge in [-0.15, -0.1) is 0 Å². The van der Waals surface area contributed by atoms with Crippen molar-refractivity contribution >= 4 is 17.4 Å². The quantitative estimate of drug-likeness (QED) is 0.244. The molecule has 0 fully saturated rings. The molecule has 43 heavy (non-hydrogen) atoms. The average Bonchev–Trinajstić information content (AvgIpc) is 2.96. The van der Waals surface area contributed by atoms with Crippen LogP contribution in [0.4, 0.5) is 8.78 Å². The second-order valence-electron chi connectivity index (χ2n) is 10.5. The standard InChI is InChI=1S/C34H38F2N4O3/c1-5-38-33(42)26-13-23(3)14-27(18-26)34(43)40(20-22(2)9-8-10-24(4)31-11-6-7-12-39-31)21-32(41)30(37)17-25-15-28(35)19-29(36)16-25/h6-16,18-19,30,32,41H,4-5,17,20-21,37H2,1-3H3,(H,38,42)/b10-8-,22-9+/t30-,32+/m0/s1. The van der Waals surface area contributed by atoms with Gasteiger partial charge in [-0.05, 0) is 86.4 Å². The summed E-state index contributed by atoms with van der Waals surface area (Å²) in [5, 5.41) is 13.8. The topological polar surface area (TPSA) is 109 Å². The van der Waals surface area contributed by atoms with Crippen LogP contribution in [0.3, 0.4) is 0 Å². The first-order valence-corrected chi connectivity index (χ1v) is 14.0. The molecule has 0 unspecified atom stereocenters. The minimum Gasteiger partial charge on any atom is -0.390 e. The monoisotopic (exact) mass is 588 g/mol. The Bertz CT molecular complexity index is 1480. The summed E-state index contributed by atoms with van der Waals surface area (Å²) in [6.45, 7) is 9.88. The van der Waals surface area contributed by atoms with Crippen molar-refractivity contribution in [3.8, 4) is 0 Å². The number of aryl methyl sites for hydroxylation is 1. The lowest BCUT2D eigenvalue weighted by atomic mass is 10.0.